The first-order chi connectivity index (χ1) is 19.2. The van der Waals surface area contributed by atoms with Crippen LogP contribution in [0.15, 0.2) is 0 Å². The molecule has 2 rings (SSSR count). The van der Waals surface area contributed by atoms with Gasteiger partial charge in [0.1, 0.15) is 5.78 Å². The van der Waals surface area contributed by atoms with E-state index in [0.29, 0.717) is 80.9 Å². The van der Waals surface area contributed by atoms with Gasteiger partial charge in [0.15, 0.2) is 0 Å². The lowest BCUT2D eigenvalue weighted by Gasteiger charge is -2.12. The summed E-state index contributed by atoms with van der Waals surface area (Å²) < 4.78 is 0. The second-order valence-corrected chi connectivity index (χ2v) is 9.91. The van der Waals surface area contributed by atoms with Gasteiger partial charge in [-0.05, 0) is 38.5 Å². The Labute approximate surface area is 233 Å². The largest absolute Gasteiger partial charge is 0.356 e. The van der Waals surface area contributed by atoms with E-state index in [-0.39, 0.29) is 50.2 Å². The van der Waals surface area contributed by atoms with E-state index in [9.17, 15) is 38.4 Å². The summed E-state index contributed by atoms with van der Waals surface area (Å²) in [6.07, 6.45) is 7.53. The molecule has 0 aromatic rings. The predicted molar refractivity (Wildman–Crippen MR) is 137 cm³/mol. The molecule has 0 radical (unpaired) electrons. The number of carbonyl (C=O) groups is 8. The van der Waals surface area contributed by atoms with Gasteiger partial charge in [0.05, 0.1) is 0 Å². The highest BCUT2D eigenvalue weighted by atomic mass is 16.7. The highest BCUT2D eigenvalue weighted by Gasteiger charge is 2.33. The number of amides is 5. The Balaban J connectivity index is 1.35. The average molecular weight is 566 g/mol. The monoisotopic (exact) mass is 565 g/mol. The molecule has 0 atom stereocenters. The Kier molecular flexibility index (Phi) is 14.5. The highest BCUT2D eigenvalue weighted by molar-refractivity contribution is 6.02. The molecular formula is C27H39N3O10. The van der Waals surface area contributed by atoms with Crippen molar-refractivity contribution in [2.75, 3.05) is 6.54 Å². The van der Waals surface area contributed by atoms with Crippen LogP contribution < -0.4 is 5.32 Å². The molecule has 40 heavy (non-hydrogen) atoms. The van der Waals surface area contributed by atoms with Gasteiger partial charge in [0.25, 0.3) is 23.6 Å². The van der Waals surface area contributed by atoms with Crippen molar-refractivity contribution in [1.82, 2.24) is 15.4 Å². The minimum atomic E-state index is -0.628. The van der Waals surface area contributed by atoms with Gasteiger partial charge in [0, 0.05) is 64.3 Å². The first-order valence-electron chi connectivity index (χ1n) is 14.1. The number of hydrogen-bond donors (Lipinski definition) is 1. The SMILES string of the molecule is O=C(CCCCCCC(=O)ON1C(=O)CCC1=O)CCCCC(=O)NCCCCCC(=O)ON1C(=O)CCC1=O. The summed E-state index contributed by atoms with van der Waals surface area (Å²) in [5, 5.41) is 3.89. The molecule has 0 bridgehead atoms. The average Bonchev–Trinajstić information content (AvgIpc) is 3.40. The summed E-state index contributed by atoms with van der Waals surface area (Å²) in [6.45, 7) is 0.474. The predicted octanol–water partition coefficient (Wildman–Crippen LogP) is 2.35. The van der Waals surface area contributed by atoms with Crippen LogP contribution in [0.2, 0.25) is 0 Å². The lowest BCUT2D eigenvalue weighted by Crippen LogP contribution is -2.31. The smallest absolute Gasteiger partial charge is 0.333 e. The van der Waals surface area contributed by atoms with E-state index in [2.05, 4.69) is 5.32 Å². The molecule has 2 fully saturated rings. The van der Waals surface area contributed by atoms with E-state index in [0.717, 1.165) is 12.8 Å². The fourth-order valence-corrected chi connectivity index (χ4v) is 4.18. The van der Waals surface area contributed by atoms with Gasteiger partial charge in [0.2, 0.25) is 5.91 Å². The standard InChI is InChI=1S/C27H39N3O10/c31-20(10-4-1-2-5-13-26(37)39-29-22(33)15-16-23(29)34)11-7-8-12-21(32)28-19-9-3-6-14-27(38)40-30-24(35)17-18-25(30)36/h1-19H2,(H,28,32). The molecule has 0 aliphatic carbocycles. The number of Topliss-reactive ketones (excluding diaryl/α,β-unsaturated/α-hetero) is 1. The number of hydrogen-bond acceptors (Lipinski definition) is 10. The normalized spacial score (nSPS) is 15.1. The van der Waals surface area contributed by atoms with Crippen molar-refractivity contribution in [3.63, 3.8) is 0 Å². The molecule has 0 unspecified atom stereocenters. The maximum absolute atomic E-state index is 12.0. The fourth-order valence-electron chi connectivity index (χ4n) is 4.18. The van der Waals surface area contributed by atoms with Crippen LogP contribution in [-0.2, 0) is 48.0 Å². The molecule has 2 heterocycles. The van der Waals surface area contributed by atoms with E-state index >= 15 is 0 Å². The summed E-state index contributed by atoms with van der Waals surface area (Å²) in [4.78, 5) is 103. The van der Waals surface area contributed by atoms with Gasteiger partial charge < -0.3 is 15.0 Å². The molecule has 2 aliphatic heterocycles. The van der Waals surface area contributed by atoms with E-state index in [1.54, 1.807) is 0 Å². The number of imide groups is 2. The molecule has 13 nitrogen and oxygen atoms in total. The Hall–Kier alpha value is -3.64. The Morgan fingerprint density at radius 3 is 1.38 bits per heavy atom. The molecule has 2 aliphatic rings. The third-order valence-electron chi connectivity index (χ3n) is 6.47. The molecule has 0 aromatic heterocycles. The van der Waals surface area contributed by atoms with E-state index in [4.69, 9.17) is 9.68 Å². The molecule has 13 heteroatoms. The van der Waals surface area contributed by atoms with E-state index < -0.39 is 35.6 Å². The zero-order valence-electron chi connectivity index (χ0n) is 22.9. The van der Waals surface area contributed by atoms with Crippen molar-refractivity contribution in [3.8, 4) is 0 Å². The van der Waals surface area contributed by atoms with Crippen LogP contribution in [0.3, 0.4) is 0 Å². The number of nitrogens with one attached hydrogen (secondary N) is 1. The number of ketones is 1. The van der Waals surface area contributed by atoms with Gasteiger partial charge in [-0.1, -0.05) is 19.3 Å². The lowest BCUT2D eigenvalue weighted by atomic mass is 10.0. The van der Waals surface area contributed by atoms with E-state index in [1.165, 1.54) is 0 Å². The van der Waals surface area contributed by atoms with Crippen LogP contribution in [0.1, 0.15) is 116 Å². The van der Waals surface area contributed by atoms with Gasteiger partial charge in [-0.3, -0.25) is 28.8 Å². The van der Waals surface area contributed by atoms with Crippen LogP contribution in [0, 0.1) is 0 Å². The molecule has 0 saturated carbocycles. The van der Waals surface area contributed by atoms with Gasteiger partial charge >= 0.3 is 11.9 Å². The molecule has 0 aromatic carbocycles. The van der Waals surface area contributed by atoms with Crippen molar-refractivity contribution in [1.29, 1.82) is 0 Å². The van der Waals surface area contributed by atoms with Crippen LogP contribution in [0.5, 0.6) is 0 Å². The van der Waals surface area contributed by atoms with E-state index in [1.807, 2.05) is 0 Å². The zero-order chi connectivity index (χ0) is 29.3. The van der Waals surface area contributed by atoms with Gasteiger partial charge in [-0.2, -0.15) is 0 Å². The second kappa shape index (κ2) is 17.9. The third-order valence-corrected chi connectivity index (χ3v) is 6.47. The molecular weight excluding hydrogens is 526 g/mol. The Morgan fingerprint density at radius 1 is 0.525 bits per heavy atom. The maximum Gasteiger partial charge on any atom is 0.333 e. The van der Waals surface area contributed by atoms with Crippen molar-refractivity contribution < 1.29 is 48.0 Å². The van der Waals surface area contributed by atoms with Crippen molar-refractivity contribution in [2.24, 2.45) is 0 Å². The first-order valence-corrected chi connectivity index (χ1v) is 14.1. The minimum Gasteiger partial charge on any atom is -0.356 e. The molecule has 1 N–H and O–H groups in total. The van der Waals surface area contributed by atoms with Gasteiger partial charge in [-0.25, -0.2) is 9.59 Å². The van der Waals surface area contributed by atoms with Crippen LogP contribution in [0.25, 0.3) is 0 Å². The van der Waals surface area contributed by atoms with Crippen LogP contribution in [0.4, 0.5) is 0 Å². The van der Waals surface area contributed by atoms with Crippen molar-refractivity contribution in [3.05, 3.63) is 0 Å². The van der Waals surface area contributed by atoms with Crippen LogP contribution >= 0.6 is 0 Å². The summed E-state index contributed by atoms with van der Waals surface area (Å²) in [7, 11) is 0. The van der Waals surface area contributed by atoms with Crippen molar-refractivity contribution in [2.45, 2.75) is 116 Å². The first kappa shape index (κ1) is 32.6. The van der Waals surface area contributed by atoms with Gasteiger partial charge in [-0.15, -0.1) is 10.1 Å². The number of nitrogens with zero attached hydrogens (tertiary/aromatic N) is 2. The summed E-state index contributed by atoms with van der Waals surface area (Å²) in [6, 6.07) is 0. The minimum absolute atomic E-state index is 0.0579. The summed E-state index contributed by atoms with van der Waals surface area (Å²) in [5.74, 6) is -3.20. The number of carbonyl (C=O) groups excluding carboxylic acids is 8. The fraction of sp³-hybridized carbons (Fsp3) is 0.704. The third kappa shape index (κ3) is 12.5. The quantitative estimate of drug-likeness (QED) is 0.170. The topological polar surface area (TPSA) is 174 Å². The molecule has 2 saturated heterocycles. The Morgan fingerprint density at radius 2 is 0.900 bits per heavy atom. The zero-order valence-corrected chi connectivity index (χ0v) is 22.9. The number of rotatable bonds is 20. The molecule has 5 amide bonds. The summed E-state index contributed by atoms with van der Waals surface area (Å²) >= 11 is 0. The number of unbranched alkanes of at least 4 members (excludes halogenated alkanes) is 6. The molecule has 0 spiro atoms. The molecule has 222 valence electrons. The van der Waals surface area contributed by atoms with Crippen LogP contribution in [-0.4, -0.2) is 63.9 Å². The van der Waals surface area contributed by atoms with Crippen molar-refractivity contribution >= 4 is 47.3 Å². The lowest BCUT2D eigenvalue weighted by molar-refractivity contribution is -0.197. The Bertz CT molecular complexity index is 856. The second-order valence-electron chi connectivity index (χ2n) is 9.91. The number of hydroxylamine groups is 4. The maximum atomic E-state index is 12.0. The highest BCUT2D eigenvalue weighted by Crippen LogP contribution is 2.15. The summed E-state index contributed by atoms with van der Waals surface area (Å²) in [5.41, 5.74) is 0.